The Hall–Kier alpha value is -1.03. The number of thioether (sulfide) groups is 1. The van der Waals surface area contributed by atoms with Gasteiger partial charge in [0.05, 0.1) is 5.03 Å². The molecule has 1 aromatic carbocycles. The van der Waals surface area contributed by atoms with E-state index in [4.69, 9.17) is 11.6 Å². The van der Waals surface area contributed by atoms with Gasteiger partial charge in [-0.3, -0.25) is 0 Å². The molecule has 0 spiro atoms. The third-order valence-corrected chi connectivity index (χ3v) is 4.66. The number of nitrogens with zero attached hydrogens (tertiary/aromatic N) is 1. The molecule has 1 aliphatic rings. The largest absolute Gasteiger partial charge is 0.310 e. The summed E-state index contributed by atoms with van der Waals surface area (Å²) in [6.07, 6.45) is 4.60. The van der Waals surface area contributed by atoms with Crippen LogP contribution in [0, 0.1) is 0 Å². The van der Waals surface area contributed by atoms with Gasteiger partial charge in [0.2, 0.25) is 0 Å². The van der Waals surface area contributed by atoms with E-state index in [1.807, 2.05) is 24.4 Å². The summed E-state index contributed by atoms with van der Waals surface area (Å²) in [4.78, 5) is 4.50. The topological polar surface area (TPSA) is 24.9 Å². The summed E-state index contributed by atoms with van der Waals surface area (Å²) in [5.41, 5.74) is 2.40. The molecule has 0 amide bonds. The van der Waals surface area contributed by atoms with Crippen LogP contribution < -0.4 is 5.32 Å². The number of nitrogens with one attached hydrogen (secondary N) is 1. The van der Waals surface area contributed by atoms with Crippen LogP contribution in [-0.2, 0) is 12.3 Å². The van der Waals surface area contributed by atoms with E-state index in [1.54, 1.807) is 11.8 Å². The molecule has 2 nitrogen and oxygen atoms in total. The second kappa shape index (κ2) is 6.61. The van der Waals surface area contributed by atoms with E-state index in [9.17, 15) is 0 Å². The summed E-state index contributed by atoms with van der Waals surface area (Å²) >= 11 is 7.87. The number of aromatic nitrogens is 1. The van der Waals surface area contributed by atoms with Crippen molar-refractivity contribution in [2.24, 2.45) is 0 Å². The summed E-state index contributed by atoms with van der Waals surface area (Å²) in [5, 5.41) is 5.36. The smallest absolute Gasteiger partial charge is 0.0963 e. The Morgan fingerprint density at radius 1 is 1.20 bits per heavy atom. The number of pyridine rings is 1. The number of benzene rings is 1. The molecule has 0 aliphatic heterocycles. The summed E-state index contributed by atoms with van der Waals surface area (Å²) in [6, 6.07) is 12.9. The first-order chi connectivity index (χ1) is 9.81. The van der Waals surface area contributed by atoms with E-state index in [-0.39, 0.29) is 0 Å². The van der Waals surface area contributed by atoms with E-state index in [1.165, 1.54) is 18.4 Å². The van der Waals surface area contributed by atoms with Gasteiger partial charge in [-0.15, -0.1) is 11.8 Å². The van der Waals surface area contributed by atoms with E-state index in [0.717, 1.165) is 34.0 Å². The van der Waals surface area contributed by atoms with Gasteiger partial charge in [-0.25, -0.2) is 4.98 Å². The van der Waals surface area contributed by atoms with Crippen LogP contribution >= 0.6 is 23.4 Å². The molecule has 0 saturated heterocycles. The molecule has 3 rings (SSSR count). The van der Waals surface area contributed by atoms with Crippen molar-refractivity contribution in [1.29, 1.82) is 0 Å². The van der Waals surface area contributed by atoms with Crippen molar-refractivity contribution < 1.29 is 0 Å². The molecule has 1 saturated carbocycles. The van der Waals surface area contributed by atoms with Crippen LogP contribution in [0.2, 0.25) is 5.02 Å². The second-order valence-electron chi connectivity index (χ2n) is 5.04. The Labute approximate surface area is 129 Å². The van der Waals surface area contributed by atoms with Crippen molar-refractivity contribution in [3.05, 3.63) is 58.7 Å². The summed E-state index contributed by atoms with van der Waals surface area (Å²) in [7, 11) is 0. The van der Waals surface area contributed by atoms with Gasteiger partial charge in [-0.1, -0.05) is 35.9 Å². The zero-order valence-corrected chi connectivity index (χ0v) is 12.8. The Kier molecular flexibility index (Phi) is 4.61. The van der Waals surface area contributed by atoms with Crippen molar-refractivity contribution >= 4 is 23.4 Å². The van der Waals surface area contributed by atoms with Crippen LogP contribution in [0.5, 0.6) is 0 Å². The van der Waals surface area contributed by atoms with E-state index < -0.39 is 0 Å². The van der Waals surface area contributed by atoms with Gasteiger partial charge in [0.25, 0.3) is 0 Å². The molecular weight excluding hydrogens is 288 g/mol. The minimum Gasteiger partial charge on any atom is -0.310 e. The lowest BCUT2D eigenvalue weighted by molar-refractivity contribution is 0.685. The highest BCUT2D eigenvalue weighted by Crippen LogP contribution is 2.25. The molecular formula is C16H17ClN2S. The monoisotopic (exact) mass is 304 g/mol. The zero-order valence-electron chi connectivity index (χ0n) is 11.2. The van der Waals surface area contributed by atoms with Gasteiger partial charge in [-0.05, 0) is 36.1 Å². The first kappa shape index (κ1) is 13.9. The predicted molar refractivity (Wildman–Crippen MR) is 85.1 cm³/mol. The molecule has 20 heavy (non-hydrogen) atoms. The van der Waals surface area contributed by atoms with Gasteiger partial charge >= 0.3 is 0 Å². The maximum Gasteiger partial charge on any atom is 0.0963 e. The van der Waals surface area contributed by atoms with Crippen molar-refractivity contribution in [2.45, 2.75) is 36.2 Å². The molecule has 0 unspecified atom stereocenters. The van der Waals surface area contributed by atoms with Gasteiger partial charge < -0.3 is 5.32 Å². The molecule has 1 aliphatic carbocycles. The van der Waals surface area contributed by atoms with E-state index >= 15 is 0 Å². The molecule has 0 bridgehead atoms. The molecule has 104 valence electrons. The third-order valence-electron chi connectivity index (χ3n) is 3.30. The fourth-order valence-electron chi connectivity index (χ4n) is 1.92. The van der Waals surface area contributed by atoms with E-state index in [2.05, 4.69) is 28.5 Å². The Morgan fingerprint density at radius 3 is 2.75 bits per heavy atom. The van der Waals surface area contributed by atoms with Crippen LogP contribution in [-0.4, -0.2) is 11.0 Å². The minimum atomic E-state index is 0.740. The van der Waals surface area contributed by atoms with Crippen LogP contribution in [0.4, 0.5) is 0 Å². The van der Waals surface area contributed by atoms with Crippen LogP contribution in [0.1, 0.15) is 24.0 Å². The standard InChI is InChI=1S/C16H17ClN2S/c17-15-4-2-1-3-13(15)11-20-16-8-5-12(10-19-16)9-18-14-6-7-14/h1-5,8,10,14,18H,6-7,9,11H2. The molecule has 2 aromatic rings. The number of rotatable bonds is 6. The van der Waals surface area contributed by atoms with Gasteiger partial charge in [-0.2, -0.15) is 0 Å². The highest BCUT2D eigenvalue weighted by atomic mass is 35.5. The average Bonchev–Trinajstić information content (AvgIpc) is 3.30. The van der Waals surface area contributed by atoms with Crippen molar-refractivity contribution in [2.75, 3.05) is 0 Å². The fraction of sp³-hybridized carbons (Fsp3) is 0.312. The lowest BCUT2D eigenvalue weighted by Crippen LogP contribution is -2.15. The third kappa shape index (κ3) is 3.98. The number of hydrogen-bond donors (Lipinski definition) is 1. The molecule has 1 fully saturated rings. The van der Waals surface area contributed by atoms with Crippen molar-refractivity contribution in [3.63, 3.8) is 0 Å². The maximum atomic E-state index is 6.15. The fourth-order valence-corrected chi connectivity index (χ4v) is 3.05. The zero-order chi connectivity index (χ0) is 13.8. The highest BCUT2D eigenvalue weighted by molar-refractivity contribution is 7.98. The lowest BCUT2D eigenvalue weighted by atomic mass is 10.2. The molecule has 1 aromatic heterocycles. The SMILES string of the molecule is Clc1ccccc1CSc1ccc(CNC2CC2)cn1. The Balaban J connectivity index is 1.53. The summed E-state index contributed by atoms with van der Waals surface area (Å²) in [6.45, 7) is 0.924. The molecule has 0 atom stereocenters. The average molecular weight is 305 g/mol. The molecule has 4 heteroatoms. The first-order valence-electron chi connectivity index (χ1n) is 6.86. The highest BCUT2D eigenvalue weighted by Gasteiger charge is 2.19. The quantitative estimate of drug-likeness (QED) is 0.806. The van der Waals surface area contributed by atoms with Gasteiger partial charge in [0.15, 0.2) is 0 Å². The number of halogens is 1. The second-order valence-corrected chi connectivity index (χ2v) is 6.44. The van der Waals surface area contributed by atoms with Crippen LogP contribution in [0.15, 0.2) is 47.6 Å². The minimum absolute atomic E-state index is 0.740. The molecule has 1 heterocycles. The molecule has 0 radical (unpaired) electrons. The van der Waals surface area contributed by atoms with E-state index in [0.29, 0.717) is 0 Å². The molecule has 1 N–H and O–H groups in total. The van der Waals surface area contributed by atoms with Gasteiger partial charge in [0.1, 0.15) is 0 Å². The first-order valence-corrected chi connectivity index (χ1v) is 8.22. The van der Waals surface area contributed by atoms with Crippen molar-refractivity contribution in [3.8, 4) is 0 Å². The summed E-state index contributed by atoms with van der Waals surface area (Å²) < 4.78 is 0. The normalized spacial score (nSPS) is 14.4. The number of hydrogen-bond acceptors (Lipinski definition) is 3. The van der Waals surface area contributed by atoms with Gasteiger partial charge in [0, 0.05) is 29.6 Å². The summed E-state index contributed by atoms with van der Waals surface area (Å²) in [5.74, 6) is 0.854. The lowest BCUT2D eigenvalue weighted by Gasteiger charge is -2.05. The Morgan fingerprint density at radius 2 is 2.05 bits per heavy atom. The predicted octanol–water partition coefficient (Wildman–Crippen LogP) is 4.28. The maximum absolute atomic E-state index is 6.15. The Bertz CT molecular complexity index is 567. The van der Waals surface area contributed by atoms with Crippen LogP contribution in [0.25, 0.3) is 0 Å². The van der Waals surface area contributed by atoms with Crippen molar-refractivity contribution in [1.82, 2.24) is 10.3 Å². The van der Waals surface area contributed by atoms with Crippen LogP contribution in [0.3, 0.4) is 0 Å².